The highest BCUT2D eigenvalue weighted by Crippen LogP contribution is 2.20. The van der Waals surface area contributed by atoms with Crippen molar-refractivity contribution in [3.63, 3.8) is 0 Å². The molecule has 0 aliphatic carbocycles. The fourth-order valence-electron chi connectivity index (χ4n) is 3.16. The highest BCUT2D eigenvalue weighted by Gasteiger charge is 2.21. The maximum Gasteiger partial charge on any atom is 0.237 e. The summed E-state index contributed by atoms with van der Waals surface area (Å²) in [5, 5.41) is 0. The zero-order valence-electron chi connectivity index (χ0n) is 14.7. The van der Waals surface area contributed by atoms with Crippen LogP contribution in [0.25, 0.3) is 0 Å². The number of carbonyl (C=O) groups excluding carboxylic acids is 1. The lowest BCUT2D eigenvalue weighted by Gasteiger charge is -2.28. The van der Waals surface area contributed by atoms with Crippen molar-refractivity contribution in [2.45, 2.75) is 39.5 Å². The molecule has 1 fully saturated rings. The van der Waals surface area contributed by atoms with Gasteiger partial charge in [-0.2, -0.15) is 0 Å². The maximum atomic E-state index is 12.3. The van der Waals surface area contributed by atoms with Crippen LogP contribution in [-0.4, -0.2) is 48.4 Å². The second kappa shape index (κ2) is 8.88. The minimum atomic E-state index is 0.281. The maximum absolute atomic E-state index is 12.3. The standard InChI is InChI=1S/C20H30N2O/c1-4-18(5-2)9-8-17(3)19-10-14-22(15-11-19)20(23)16-21-12-6-7-13-21/h4,8-10H,1,5-7,11-16H2,2-3H3/b17-8+,18-9+. The first kappa shape index (κ1) is 17.7. The Morgan fingerprint density at radius 2 is 2.00 bits per heavy atom. The van der Waals surface area contributed by atoms with Gasteiger partial charge in [0.1, 0.15) is 0 Å². The van der Waals surface area contributed by atoms with Gasteiger partial charge in [0.15, 0.2) is 0 Å². The Morgan fingerprint density at radius 3 is 2.57 bits per heavy atom. The van der Waals surface area contributed by atoms with Gasteiger partial charge in [-0.05, 0) is 62.4 Å². The Morgan fingerprint density at radius 1 is 1.26 bits per heavy atom. The lowest BCUT2D eigenvalue weighted by Crippen LogP contribution is -2.41. The Hall–Kier alpha value is -1.61. The van der Waals surface area contributed by atoms with Crippen LogP contribution in [-0.2, 0) is 4.79 Å². The topological polar surface area (TPSA) is 23.6 Å². The summed E-state index contributed by atoms with van der Waals surface area (Å²) >= 11 is 0. The van der Waals surface area contributed by atoms with Crippen LogP contribution in [0.1, 0.15) is 39.5 Å². The fraction of sp³-hybridized carbons (Fsp3) is 0.550. The molecule has 2 aliphatic rings. The normalized spacial score (nSPS) is 20.6. The molecule has 0 unspecified atom stereocenters. The van der Waals surface area contributed by atoms with Crippen molar-refractivity contribution in [1.29, 1.82) is 0 Å². The molecule has 3 heteroatoms. The van der Waals surface area contributed by atoms with Crippen molar-refractivity contribution in [3.8, 4) is 0 Å². The molecule has 0 aromatic heterocycles. The molecular weight excluding hydrogens is 284 g/mol. The number of allylic oxidation sites excluding steroid dienone is 5. The van der Waals surface area contributed by atoms with Gasteiger partial charge in [-0.15, -0.1) is 0 Å². The second-order valence-electron chi connectivity index (χ2n) is 6.45. The zero-order valence-corrected chi connectivity index (χ0v) is 14.7. The minimum absolute atomic E-state index is 0.281. The predicted octanol–water partition coefficient (Wildman–Crippen LogP) is 3.71. The summed E-state index contributed by atoms with van der Waals surface area (Å²) in [6.07, 6.45) is 12.9. The predicted molar refractivity (Wildman–Crippen MR) is 97.3 cm³/mol. The number of nitrogens with zero attached hydrogens (tertiary/aromatic N) is 2. The smallest absolute Gasteiger partial charge is 0.237 e. The summed E-state index contributed by atoms with van der Waals surface area (Å²) in [6, 6.07) is 0. The van der Waals surface area contributed by atoms with Gasteiger partial charge in [-0.25, -0.2) is 0 Å². The molecule has 0 saturated carbocycles. The summed E-state index contributed by atoms with van der Waals surface area (Å²) in [4.78, 5) is 16.6. The number of amides is 1. The van der Waals surface area contributed by atoms with E-state index < -0.39 is 0 Å². The van der Waals surface area contributed by atoms with E-state index in [0.29, 0.717) is 6.54 Å². The molecule has 0 aromatic rings. The molecule has 2 rings (SSSR count). The van der Waals surface area contributed by atoms with Crippen molar-refractivity contribution in [1.82, 2.24) is 9.80 Å². The minimum Gasteiger partial charge on any atom is -0.338 e. The van der Waals surface area contributed by atoms with Crippen LogP contribution in [0.2, 0.25) is 0 Å². The van der Waals surface area contributed by atoms with Crippen molar-refractivity contribution < 1.29 is 4.79 Å². The van der Waals surface area contributed by atoms with Crippen LogP contribution in [0.5, 0.6) is 0 Å². The van der Waals surface area contributed by atoms with E-state index in [9.17, 15) is 4.79 Å². The molecule has 1 saturated heterocycles. The SMILES string of the molecule is C=C/C(=C\C=C(/C)C1=CCN(C(=O)CN2CCCC2)CC1)CC. The van der Waals surface area contributed by atoms with E-state index in [1.807, 2.05) is 11.0 Å². The average Bonchev–Trinajstić information content (AvgIpc) is 3.08. The quantitative estimate of drug-likeness (QED) is 0.698. The van der Waals surface area contributed by atoms with Gasteiger partial charge in [-0.3, -0.25) is 9.69 Å². The van der Waals surface area contributed by atoms with Crippen molar-refractivity contribution in [2.75, 3.05) is 32.7 Å². The summed E-state index contributed by atoms with van der Waals surface area (Å²) in [5.74, 6) is 0.281. The largest absolute Gasteiger partial charge is 0.338 e. The van der Waals surface area contributed by atoms with Crippen LogP contribution < -0.4 is 0 Å². The molecule has 0 radical (unpaired) electrons. The summed E-state index contributed by atoms with van der Waals surface area (Å²) in [6.45, 7) is 12.5. The van der Waals surface area contributed by atoms with E-state index in [2.05, 4.69) is 43.6 Å². The van der Waals surface area contributed by atoms with Crippen LogP contribution in [0.4, 0.5) is 0 Å². The van der Waals surface area contributed by atoms with E-state index in [4.69, 9.17) is 0 Å². The molecule has 23 heavy (non-hydrogen) atoms. The lowest BCUT2D eigenvalue weighted by atomic mass is 9.99. The zero-order chi connectivity index (χ0) is 16.7. The van der Waals surface area contributed by atoms with Gasteiger partial charge in [-0.1, -0.05) is 37.8 Å². The van der Waals surface area contributed by atoms with E-state index in [0.717, 1.165) is 39.0 Å². The van der Waals surface area contributed by atoms with Crippen molar-refractivity contribution in [2.24, 2.45) is 0 Å². The molecule has 3 nitrogen and oxygen atoms in total. The number of hydrogen-bond acceptors (Lipinski definition) is 2. The van der Waals surface area contributed by atoms with Gasteiger partial charge in [0.05, 0.1) is 6.54 Å². The first-order valence-electron chi connectivity index (χ1n) is 8.83. The van der Waals surface area contributed by atoms with E-state index in [1.165, 1.54) is 29.6 Å². The molecule has 2 aliphatic heterocycles. The molecule has 1 amide bonds. The van der Waals surface area contributed by atoms with Gasteiger partial charge < -0.3 is 4.90 Å². The van der Waals surface area contributed by atoms with Crippen molar-refractivity contribution in [3.05, 3.63) is 47.6 Å². The molecule has 2 heterocycles. The monoisotopic (exact) mass is 314 g/mol. The van der Waals surface area contributed by atoms with Crippen LogP contribution in [0.15, 0.2) is 47.6 Å². The molecule has 0 spiro atoms. The third-order valence-electron chi connectivity index (χ3n) is 4.84. The van der Waals surface area contributed by atoms with E-state index >= 15 is 0 Å². The highest BCUT2D eigenvalue weighted by molar-refractivity contribution is 5.78. The molecule has 126 valence electrons. The van der Waals surface area contributed by atoms with E-state index in [1.54, 1.807) is 0 Å². The van der Waals surface area contributed by atoms with Gasteiger partial charge in [0.2, 0.25) is 5.91 Å². The van der Waals surface area contributed by atoms with Crippen molar-refractivity contribution >= 4 is 5.91 Å². The molecule has 0 atom stereocenters. The second-order valence-corrected chi connectivity index (χ2v) is 6.45. The summed E-state index contributed by atoms with van der Waals surface area (Å²) in [5.41, 5.74) is 3.92. The number of hydrogen-bond donors (Lipinski definition) is 0. The number of carbonyl (C=O) groups is 1. The van der Waals surface area contributed by atoms with Gasteiger partial charge in [0, 0.05) is 13.1 Å². The molecule has 0 aromatic carbocycles. The van der Waals surface area contributed by atoms with Crippen LogP contribution in [0, 0.1) is 0 Å². The fourth-order valence-corrected chi connectivity index (χ4v) is 3.16. The Bertz CT molecular complexity index is 522. The molecular formula is C20H30N2O. The third-order valence-corrected chi connectivity index (χ3v) is 4.84. The summed E-state index contributed by atoms with van der Waals surface area (Å²) < 4.78 is 0. The highest BCUT2D eigenvalue weighted by atomic mass is 16.2. The average molecular weight is 314 g/mol. The molecule has 0 N–H and O–H groups in total. The Labute approximate surface area is 141 Å². The van der Waals surface area contributed by atoms with Crippen LogP contribution in [0.3, 0.4) is 0 Å². The Kier molecular flexibility index (Phi) is 6.85. The Balaban J connectivity index is 1.89. The van der Waals surface area contributed by atoms with E-state index in [-0.39, 0.29) is 5.91 Å². The van der Waals surface area contributed by atoms with Crippen LogP contribution >= 0.6 is 0 Å². The lowest BCUT2D eigenvalue weighted by molar-refractivity contribution is -0.131. The molecule has 0 bridgehead atoms. The first-order valence-corrected chi connectivity index (χ1v) is 8.83. The van der Waals surface area contributed by atoms with Gasteiger partial charge >= 0.3 is 0 Å². The van der Waals surface area contributed by atoms with Gasteiger partial charge in [0.25, 0.3) is 0 Å². The third kappa shape index (κ3) is 5.21. The number of likely N-dealkylation sites (tertiary alicyclic amines) is 1. The first-order chi connectivity index (χ1) is 11.1. The number of rotatable bonds is 6. The summed E-state index contributed by atoms with van der Waals surface area (Å²) in [7, 11) is 0.